The maximum absolute atomic E-state index is 11.4. The van der Waals surface area contributed by atoms with Gasteiger partial charge in [0.05, 0.1) is 6.61 Å². The smallest absolute Gasteiger partial charge is 0.407 e. The van der Waals surface area contributed by atoms with Gasteiger partial charge in [0.25, 0.3) is 0 Å². The fraction of sp³-hybridized carbons (Fsp3) is 0.400. The molecule has 102 valence electrons. The summed E-state index contributed by atoms with van der Waals surface area (Å²) in [6, 6.07) is 10.3. The number of rotatable bonds is 5. The second kappa shape index (κ2) is 6.27. The lowest BCUT2D eigenvalue weighted by Crippen LogP contribution is -2.28. The fourth-order valence-corrected chi connectivity index (χ4v) is 1.91. The van der Waals surface area contributed by atoms with Gasteiger partial charge >= 0.3 is 6.09 Å². The highest BCUT2D eigenvalue weighted by atomic mass is 16.5. The molecule has 1 heterocycles. The van der Waals surface area contributed by atoms with E-state index in [0.717, 1.165) is 6.54 Å². The third-order valence-corrected chi connectivity index (χ3v) is 2.85. The third kappa shape index (κ3) is 3.74. The number of hydrogen-bond donors (Lipinski definition) is 1. The minimum atomic E-state index is -0.342. The summed E-state index contributed by atoms with van der Waals surface area (Å²) in [6.07, 6.45) is 1.69. The number of hydrogen-bond acceptors (Lipinski definition) is 2. The van der Waals surface area contributed by atoms with Crippen LogP contribution in [0.1, 0.15) is 13.8 Å². The van der Waals surface area contributed by atoms with Crippen molar-refractivity contribution in [3.05, 3.63) is 36.5 Å². The molecule has 0 atom stereocenters. The monoisotopic (exact) mass is 260 g/mol. The summed E-state index contributed by atoms with van der Waals surface area (Å²) < 4.78 is 7.17. The predicted molar refractivity (Wildman–Crippen MR) is 76.1 cm³/mol. The number of amides is 1. The Morgan fingerprint density at radius 3 is 2.89 bits per heavy atom. The molecule has 19 heavy (non-hydrogen) atoms. The molecule has 0 spiro atoms. The van der Waals surface area contributed by atoms with E-state index in [9.17, 15) is 4.79 Å². The Morgan fingerprint density at radius 1 is 1.32 bits per heavy atom. The van der Waals surface area contributed by atoms with Crippen LogP contribution in [0, 0.1) is 5.92 Å². The Kier molecular flexibility index (Phi) is 4.44. The van der Waals surface area contributed by atoms with Gasteiger partial charge in [0.1, 0.15) is 0 Å². The van der Waals surface area contributed by atoms with Crippen molar-refractivity contribution in [3.8, 4) is 0 Å². The summed E-state index contributed by atoms with van der Waals surface area (Å²) in [6.45, 7) is 5.79. The van der Waals surface area contributed by atoms with Gasteiger partial charge in [-0.1, -0.05) is 32.0 Å². The summed E-state index contributed by atoms with van der Waals surface area (Å²) in [5, 5.41) is 3.97. The highest BCUT2D eigenvalue weighted by molar-refractivity contribution is 5.79. The number of ether oxygens (including phenoxy) is 1. The molecule has 1 aromatic carbocycles. The number of nitrogens with zero attached hydrogens (tertiary/aromatic N) is 1. The van der Waals surface area contributed by atoms with Crippen molar-refractivity contribution in [2.24, 2.45) is 5.92 Å². The van der Waals surface area contributed by atoms with Gasteiger partial charge in [-0.15, -0.1) is 0 Å². The Bertz CT molecular complexity index is 546. The molecule has 2 rings (SSSR count). The van der Waals surface area contributed by atoms with Crippen molar-refractivity contribution in [2.75, 3.05) is 13.2 Å². The molecule has 0 radical (unpaired) electrons. The summed E-state index contributed by atoms with van der Waals surface area (Å²) in [4.78, 5) is 11.4. The molecule has 1 aromatic heterocycles. The molecule has 1 N–H and O–H groups in total. The zero-order valence-electron chi connectivity index (χ0n) is 11.4. The van der Waals surface area contributed by atoms with E-state index in [1.54, 1.807) is 0 Å². The highest BCUT2D eigenvalue weighted by Crippen LogP contribution is 2.14. The molecule has 4 heteroatoms. The third-order valence-electron chi connectivity index (χ3n) is 2.85. The van der Waals surface area contributed by atoms with E-state index >= 15 is 0 Å². The maximum atomic E-state index is 11.4. The quantitative estimate of drug-likeness (QED) is 0.898. The van der Waals surface area contributed by atoms with E-state index in [4.69, 9.17) is 4.74 Å². The van der Waals surface area contributed by atoms with Crippen LogP contribution in [0.15, 0.2) is 36.5 Å². The Morgan fingerprint density at radius 2 is 2.11 bits per heavy atom. The average Bonchev–Trinajstić information content (AvgIpc) is 2.80. The van der Waals surface area contributed by atoms with E-state index in [0.29, 0.717) is 19.1 Å². The van der Waals surface area contributed by atoms with E-state index in [-0.39, 0.29) is 6.09 Å². The molecule has 2 aromatic rings. The van der Waals surface area contributed by atoms with E-state index < -0.39 is 0 Å². The van der Waals surface area contributed by atoms with Gasteiger partial charge in [-0.2, -0.15) is 0 Å². The average molecular weight is 260 g/mol. The standard InChI is InChI=1S/C15H20N2O2/c1-12(2)11-19-15(18)16-8-10-17-9-7-13-5-3-4-6-14(13)17/h3-7,9,12H,8,10-11H2,1-2H3,(H,16,18). The van der Waals surface area contributed by atoms with E-state index in [1.807, 2.05) is 32.2 Å². The Hall–Kier alpha value is -1.97. The number of fused-ring (bicyclic) bond motifs is 1. The van der Waals surface area contributed by atoms with Crippen LogP contribution in [0.25, 0.3) is 10.9 Å². The molecule has 0 aliphatic carbocycles. The van der Waals surface area contributed by atoms with Gasteiger partial charge in [-0.3, -0.25) is 0 Å². The number of carbonyl (C=O) groups excluding carboxylic acids is 1. The minimum Gasteiger partial charge on any atom is -0.449 e. The lowest BCUT2D eigenvalue weighted by Gasteiger charge is -2.09. The molecule has 1 amide bonds. The first-order chi connectivity index (χ1) is 9.16. The number of para-hydroxylation sites is 1. The number of aromatic nitrogens is 1. The van der Waals surface area contributed by atoms with Crippen molar-refractivity contribution in [3.63, 3.8) is 0 Å². The molecule has 0 unspecified atom stereocenters. The molecular weight excluding hydrogens is 240 g/mol. The minimum absolute atomic E-state index is 0.342. The lowest BCUT2D eigenvalue weighted by molar-refractivity contribution is 0.133. The van der Waals surface area contributed by atoms with Crippen molar-refractivity contribution >= 4 is 17.0 Å². The van der Waals surface area contributed by atoms with Crippen LogP contribution in [0.5, 0.6) is 0 Å². The van der Waals surface area contributed by atoms with Crippen molar-refractivity contribution < 1.29 is 9.53 Å². The van der Waals surface area contributed by atoms with Crippen LogP contribution in [0.4, 0.5) is 4.79 Å². The van der Waals surface area contributed by atoms with Gasteiger partial charge in [-0.25, -0.2) is 4.79 Å². The van der Waals surface area contributed by atoms with Crippen LogP contribution in [-0.4, -0.2) is 23.8 Å². The molecule has 0 saturated heterocycles. The van der Waals surface area contributed by atoms with Gasteiger partial charge in [0, 0.05) is 24.8 Å². The van der Waals surface area contributed by atoms with Gasteiger partial charge in [0.15, 0.2) is 0 Å². The van der Waals surface area contributed by atoms with Crippen molar-refractivity contribution in [1.29, 1.82) is 0 Å². The molecule has 4 nitrogen and oxygen atoms in total. The maximum Gasteiger partial charge on any atom is 0.407 e. The van der Waals surface area contributed by atoms with Crippen molar-refractivity contribution in [1.82, 2.24) is 9.88 Å². The Labute approximate surface area is 113 Å². The van der Waals surface area contributed by atoms with Crippen LogP contribution >= 0.6 is 0 Å². The first-order valence-corrected chi connectivity index (χ1v) is 6.61. The van der Waals surface area contributed by atoms with Gasteiger partial charge in [-0.05, 0) is 23.4 Å². The molecule has 0 fully saturated rings. The zero-order valence-corrected chi connectivity index (χ0v) is 11.4. The molecular formula is C15H20N2O2. The highest BCUT2D eigenvalue weighted by Gasteiger charge is 2.04. The topological polar surface area (TPSA) is 43.3 Å². The summed E-state index contributed by atoms with van der Waals surface area (Å²) >= 11 is 0. The number of benzene rings is 1. The van der Waals surface area contributed by atoms with Crippen LogP contribution in [0.3, 0.4) is 0 Å². The van der Waals surface area contributed by atoms with Gasteiger partial charge < -0.3 is 14.6 Å². The lowest BCUT2D eigenvalue weighted by atomic mass is 10.2. The largest absolute Gasteiger partial charge is 0.449 e. The SMILES string of the molecule is CC(C)COC(=O)NCCn1ccc2ccccc21. The van der Waals surface area contributed by atoms with E-state index in [2.05, 4.69) is 28.1 Å². The fourth-order valence-electron chi connectivity index (χ4n) is 1.91. The zero-order chi connectivity index (χ0) is 13.7. The molecule has 0 aliphatic heterocycles. The first kappa shape index (κ1) is 13.5. The second-order valence-corrected chi connectivity index (χ2v) is 4.99. The number of carbonyl (C=O) groups is 1. The molecule has 0 aliphatic rings. The molecule has 0 saturated carbocycles. The predicted octanol–water partition coefficient (Wildman–Crippen LogP) is 3.02. The van der Waals surface area contributed by atoms with Crippen LogP contribution < -0.4 is 5.32 Å². The number of alkyl carbamates (subject to hydrolysis) is 1. The Balaban J connectivity index is 1.81. The summed E-state index contributed by atoms with van der Waals surface area (Å²) in [7, 11) is 0. The summed E-state index contributed by atoms with van der Waals surface area (Å²) in [5.41, 5.74) is 1.18. The first-order valence-electron chi connectivity index (χ1n) is 6.61. The normalized spacial score (nSPS) is 10.9. The van der Waals surface area contributed by atoms with Gasteiger partial charge in [0.2, 0.25) is 0 Å². The van der Waals surface area contributed by atoms with Crippen LogP contribution in [-0.2, 0) is 11.3 Å². The second-order valence-electron chi connectivity index (χ2n) is 4.99. The van der Waals surface area contributed by atoms with E-state index in [1.165, 1.54) is 10.9 Å². The molecule has 0 bridgehead atoms. The van der Waals surface area contributed by atoms with Crippen molar-refractivity contribution in [2.45, 2.75) is 20.4 Å². The van der Waals surface area contributed by atoms with Crippen LogP contribution in [0.2, 0.25) is 0 Å². The number of nitrogens with one attached hydrogen (secondary N) is 1. The summed E-state index contributed by atoms with van der Waals surface area (Å²) in [5.74, 6) is 0.360.